The van der Waals surface area contributed by atoms with Crippen LogP contribution in [0.3, 0.4) is 0 Å². The molecule has 2 saturated heterocycles. The Balaban J connectivity index is 1.71. The van der Waals surface area contributed by atoms with E-state index in [1.807, 2.05) is 24.3 Å². The minimum Gasteiger partial charge on any atom is -0.481 e. The number of carbonyl (C=O) groups is 2. The molecule has 0 saturated carbocycles. The molecule has 2 fully saturated rings. The molecular weight excluding hydrogens is 318 g/mol. The molecule has 6 heteroatoms. The minimum atomic E-state index is -0.846. The van der Waals surface area contributed by atoms with Crippen LogP contribution in [0.15, 0.2) is 24.3 Å². The van der Waals surface area contributed by atoms with Crippen LogP contribution in [0.2, 0.25) is 0 Å². The highest BCUT2D eigenvalue weighted by atomic mass is 16.4. The number of likely N-dealkylation sites (tertiary alicyclic amines) is 1. The number of hydrogen-bond acceptors (Lipinski definition) is 3. The number of carboxylic acids is 1. The molecule has 25 heavy (non-hydrogen) atoms. The molecule has 0 aromatic heterocycles. The number of amides is 2. The summed E-state index contributed by atoms with van der Waals surface area (Å²) in [7, 11) is 0. The number of para-hydroxylation sites is 2. The Morgan fingerprint density at radius 2 is 1.76 bits per heavy atom. The fourth-order valence-electron chi connectivity index (χ4n) is 3.67. The van der Waals surface area contributed by atoms with E-state index in [1.54, 1.807) is 11.8 Å². The summed E-state index contributed by atoms with van der Waals surface area (Å²) in [5, 5.41) is 12.3. The second kappa shape index (κ2) is 7.33. The predicted molar refractivity (Wildman–Crippen MR) is 98.1 cm³/mol. The molecule has 0 bridgehead atoms. The number of nitrogens with zero attached hydrogens (tertiary/aromatic N) is 2. The third-order valence-corrected chi connectivity index (χ3v) is 5.37. The summed E-state index contributed by atoms with van der Waals surface area (Å²) in [6.07, 6.45) is 5.35. The Hall–Kier alpha value is -2.24. The number of benzene rings is 1. The van der Waals surface area contributed by atoms with E-state index in [0.717, 1.165) is 24.5 Å². The van der Waals surface area contributed by atoms with Crippen molar-refractivity contribution < 1.29 is 14.7 Å². The summed E-state index contributed by atoms with van der Waals surface area (Å²) in [4.78, 5) is 28.0. The number of urea groups is 1. The number of nitrogens with one attached hydrogen (secondary N) is 1. The van der Waals surface area contributed by atoms with Crippen molar-refractivity contribution in [3.05, 3.63) is 24.3 Å². The van der Waals surface area contributed by atoms with Crippen molar-refractivity contribution in [2.75, 3.05) is 36.4 Å². The van der Waals surface area contributed by atoms with Crippen LogP contribution in [-0.2, 0) is 4.79 Å². The molecule has 0 spiro atoms. The number of rotatable bonds is 3. The zero-order chi connectivity index (χ0) is 17.9. The number of carboxylic acid groups (broad SMARTS) is 1. The van der Waals surface area contributed by atoms with E-state index in [9.17, 15) is 14.7 Å². The molecule has 2 aliphatic heterocycles. The first-order valence-corrected chi connectivity index (χ1v) is 9.13. The van der Waals surface area contributed by atoms with Crippen molar-refractivity contribution in [1.29, 1.82) is 0 Å². The van der Waals surface area contributed by atoms with Crippen molar-refractivity contribution in [2.24, 2.45) is 5.41 Å². The lowest BCUT2D eigenvalue weighted by molar-refractivity contribution is -0.146. The van der Waals surface area contributed by atoms with Gasteiger partial charge in [-0.3, -0.25) is 4.79 Å². The molecule has 1 atom stereocenters. The largest absolute Gasteiger partial charge is 0.481 e. The smallest absolute Gasteiger partial charge is 0.321 e. The average Bonchev–Trinajstić information content (AvgIpc) is 2.82. The summed E-state index contributed by atoms with van der Waals surface area (Å²) in [5.41, 5.74) is 1.01. The van der Waals surface area contributed by atoms with Gasteiger partial charge in [-0.2, -0.15) is 0 Å². The van der Waals surface area contributed by atoms with E-state index >= 15 is 0 Å². The molecule has 3 rings (SSSR count). The van der Waals surface area contributed by atoms with Crippen LogP contribution in [-0.4, -0.2) is 48.2 Å². The van der Waals surface area contributed by atoms with Crippen molar-refractivity contribution in [3.63, 3.8) is 0 Å². The number of anilines is 2. The molecule has 1 aromatic carbocycles. The lowest BCUT2D eigenvalue weighted by atomic mass is 9.90. The highest BCUT2D eigenvalue weighted by Gasteiger charge is 2.42. The topological polar surface area (TPSA) is 72.9 Å². The predicted octanol–water partition coefficient (Wildman–Crippen LogP) is 3.40. The van der Waals surface area contributed by atoms with Gasteiger partial charge in [-0.05, 0) is 38.3 Å². The monoisotopic (exact) mass is 345 g/mol. The number of aliphatic carboxylic acids is 1. The second-order valence-corrected chi connectivity index (χ2v) is 7.39. The van der Waals surface area contributed by atoms with Crippen LogP contribution in [0.5, 0.6) is 0 Å². The fraction of sp³-hybridized carbons (Fsp3) is 0.579. The van der Waals surface area contributed by atoms with Gasteiger partial charge in [0.25, 0.3) is 0 Å². The maximum absolute atomic E-state index is 12.6. The SMILES string of the molecule is CC1(C(=O)O)CCN(C(=O)Nc2ccccc2N2CCCCCC2)C1. The third kappa shape index (κ3) is 3.89. The molecule has 2 heterocycles. The Labute approximate surface area is 148 Å². The van der Waals surface area contributed by atoms with E-state index in [2.05, 4.69) is 10.2 Å². The average molecular weight is 345 g/mol. The molecule has 0 radical (unpaired) electrons. The van der Waals surface area contributed by atoms with Crippen molar-refractivity contribution >= 4 is 23.4 Å². The standard InChI is InChI=1S/C19H27N3O3/c1-19(17(23)24)10-13-22(14-19)18(25)20-15-8-4-5-9-16(15)21-11-6-2-3-7-12-21/h4-5,8-9H,2-3,6-7,10-14H2,1H3,(H,20,25)(H,23,24). The second-order valence-electron chi connectivity index (χ2n) is 7.39. The van der Waals surface area contributed by atoms with E-state index < -0.39 is 11.4 Å². The highest BCUT2D eigenvalue weighted by Crippen LogP contribution is 2.32. The summed E-state index contributed by atoms with van der Waals surface area (Å²) >= 11 is 0. The van der Waals surface area contributed by atoms with Gasteiger partial charge in [0.1, 0.15) is 0 Å². The molecule has 136 valence electrons. The van der Waals surface area contributed by atoms with Gasteiger partial charge < -0.3 is 20.2 Å². The highest BCUT2D eigenvalue weighted by molar-refractivity contribution is 5.94. The van der Waals surface area contributed by atoms with Gasteiger partial charge in [-0.1, -0.05) is 25.0 Å². The van der Waals surface area contributed by atoms with Gasteiger partial charge >= 0.3 is 12.0 Å². The Bertz CT molecular complexity index is 641. The lowest BCUT2D eigenvalue weighted by Gasteiger charge is -2.26. The summed E-state index contributed by atoms with van der Waals surface area (Å²) in [6.45, 7) is 4.44. The normalized spacial score (nSPS) is 24.0. The Morgan fingerprint density at radius 1 is 1.08 bits per heavy atom. The molecule has 0 aliphatic carbocycles. The van der Waals surface area contributed by atoms with Gasteiger partial charge in [-0.15, -0.1) is 0 Å². The van der Waals surface area contributed by atoms with Crippen LogP contribution < -0.4 is 10.2 Å². The first kappa shape index (κ1) is 17.6. The van der Waals surface area contributed by atoms with Crippen molar-refractivity contribution in [2.45, 2.75) is 39.0 Å². The van der Waals surface area contributed by atoms with Gasteiger partial charge in [0.05, 0.1) is 16.8 Å². The van der Waals surface area contributed by atoms with E-state index in [0.29, 0.717) is 13.0 Å². The zero-order valence-corrected chi connectivity index (χ0v) is 14.8. The van der Waals surface area contributed by atoms with Crippen molar-refractivity contribution in [3.8, 4) is 0 Å². The minimum absolute atomic E-state index is 0.216. The van der Waals surface area contributed by atoms with Gasteiger partial charge in [0.15, 0.2) is 0 Å². The maximum atomic E-state index is 12.6. The fourth-order valence-corrected chi connectivity index (χ4v) is 3.67. The summed E-state index contributed by atoms with van der Waals surface area (Å²) < 4.78 is 0. The first-order chi connectivity index (χ1) is 12.0. The van der Waals surface area contributed by atoms with Gasteiger partial charge in [0, 0.05) is 26.2 Å². The number of carbonyl (C=O) groups excluding carboxylic acids is 1. The quantitative estimate of drug-likeness (QED) is 0.881. The van der Waals surface area contributed by atoms with E-state index in [-0.39, 0.29) is 12.6 Å². The molecule has 1 aromatic rings. The Kier molecular flexibility index (Phi) is 5.16. The van der Waals surface area contributed by atoms with Gasteiger partial charge in [0.2, 0.25) is 0 Å². The summed E-state index contributed by atoms with van der Waals surface area (Å²) in [6, 6.07) is 7.67. The van der Waals surface area contributed by atoms with Crippen LogP contribution in [0.4, 0.5) is 16.2 Å². The summed E-state index contributed by atoms with van der Waals surface area (Å²) in [5.74, 6) is -0.840. The zero-order valence-electron chi connectivity index (χ0n) is 14.8. The van der Waals surface area contributed by atoms with Crippen LogP contribution in [0, 0.1) is 5.41 Å². The van der Waals surface area contributed by atoms with Crippen molar-refractivity contribution in [1.82, 2.24) is 4.90 Å². The Morgan fingerprint density at radius 3 is 2.40 bits per heavy atom. The maximum Gasteiger partial charge on any atom is 0.321 e. The lowest BCUT2D eigenvalue weighted by Crippen LogP contribution is -2.37. The van der Waals surface area contributed by atoms with Crippen LogP contribution in [0.25, 0.3) is 0 Å². The number of hydrogen-bond donors (Lipinski definition) is 2. The molecule has 2 amide bonds. The van der Waals surface area contributed by atoms with Crippen LogP contribution in [0.1, 0.15) is 39.0 Å². The first-order valence-electron chi connectivity index (χ1n) is 9.13. The third-order valence-electron chi connectivity index (χ3n) is 5.37. The molecule has 2 aliphatic rings. The molecule has 1 unspecified atom stereocenters. The van der Waals surface area contributed by atoms with E-state index in [1.165, 1.54) is 25.7 Å². The van der Waals surface area contributed by atoms with Gasteiger partial charge in [-0.25, -0.2) is 4.79 Å². The molecular formula is C19H27N3O3. The molecule has 2 N–H and O–H groups in total. The van der Waals surface area contributed by atoms with Crippen LogP contribution >= 0.6 is 0 Å². The molecule has 6 nitrogen and oxygen atoms in total. The van der Waals surface area contributed by atoms with E-state index in [4.69, 9.17) is 0 Å².